The molecule has 0 unspecified atom stereocenters. The lowest BCUT2D eigenvalue weighted by Crippen LogP contribution is -2.25. The van der Waals surface area contributed by atoms with Crippen molar-refractivity contribution in [2.75, 3.05) is 11.3 Å². The fourth-order valence-corrected chi connectivity index (χ4v) is 4.06. The first-order chi connectivity index (χ1) is 14.3. The van der Waals surface area contributed by atoms with Crippen LogP contribution < -0.4 is 10.0 Å². The van der Waals surface area contributed by atoms with E-state index in [9.17, 15) is 13.2 Å². The predicted molar refractivity (Wildman–Crippen MR) is 120 cm³/mol. The Morgan fingerprint density at radius 1 is 0.867 bits per heavy atom. The van der Waals surface area contributed by atoms with Crippen molar-refractivity contribution in [3.8, 4) is 0 Å². The van der Waals surface area contributed by atoms with Crippen LogP contribution in [0.15, 0.2) is 77.7 Å². The third kappa shape index (κ3) is 5.94. The zero-order valence-corrected chi connectivity index (χ0v) is 18.0. The van der Waals surface area contributed by atoms with Crippen LogP contribution in [0.4, 0.5) is 5.69 Å². The number of sulfonamides is 1. The Hall–Kier alpha value is -3.12. The summed E-state index contributed by atoms with van der Waals surface area (Å²) >= 11 is 0. The molecule has 0 saturated heterocycles. The summed E-state index contributed by atoms with van der Waals surface area (Å²) in [5.41, 5.74) is 4.21. The van der Waals surface area contributed by atoms with E-state index in [4.69, 9.17) is 0 Å². The SMILES string of the molecule is Cc1ccc(CCCNC(=O)c2cccc(NS(=O)(=O)c3ccc(C)cc3)c2)cc1. The Balaban J connectivity index is 1.56. The van der Waals surface area contributed by atoms with E-state index < -0.39 is 10.0 Å². The summed E-state index contributed by atoms with van der Waals surface area (Å²) in [7, 11) is -3.71. The van der Waals surface area contributed by atoms with Gasteiger partial charge in [-0.2, -0.15) is 0 Å². The highest BCUT2D eigenvalue weighted by atomic mass is 32.2. The lowest BCUT2D eigenvalue weighted by Gasteiger charge is -2.10. The molecule has 0 aliphatic rings. The van der Waals surface area contributed by atoms with E-state index in [-0.39, 0.29) is 10.8 Å². The maximum Gasteiger partial charge on any atom is 0.261 e. The molecule has 2 N–H and O–H groups in total. The van der Waals surface area contributed by atoms with Crippen LogP contribution in [0.5, 0.6) is 0 Å². The van der Waals surface area contributed by atoms with Crippen molar-refractivity contribution in [2.45, 2.75) is 31.6 Å². The molecule has 3 aromatic carbocycles. The van der Waals surface area contributed by atoms with Gasteiger partial charge < -0.3 is 5.32 Å². The number of aryl methyl sites for hydroxylation is 3. The first kappa shape index (κ1) is 21.6. The van der Waals surface area contributed by atoms with Crippen LogP contribution in [0.2, 0.25) is 0 Å². The summed E-state index contributed by atoms with van der Waals surface area (Å²) in [6.45, 7) is 4.50. The van der Waals surface area contributed by atoms with E-state index in [1.807, 2.05) is 6.92 Å². The highest BCUT2D eigenvalue weighted by molar-refractivity contribution is 7.92. The number of carbonyl (C=O) groups excluding carboxylic acids is 1. The molecule has 30 heavy (non-hydrogen) atoms. The van der Waals surface area contributed by atoms with Crippen molar-refractivity contribution in [3.63, 3.8) is 0 Å². The molecule has 0 radical (unpaired) electrons. The fourth-order valence-electron chi connectivity index (χ4n) is 3.01. The first-order valence-corrected chi connectivity index (χ1v) is 11.4. The molecule has 0 fully saturated rings. The number of amides is 1. The van der Waals surface area contributed by atoms with Crippen molar-refractivity contribution in [1.29, 1.82) is 0 Å². The van der Waals surface area contributed by atoms with Crippen molar-refractivity contribution in [2.24, 2.45) is 0 Å². The summed E-state index contributed by atoms with van der Waals surface area (Å²) < 4.78 is 27.6. The number of hydrogen-bond donors (Lipinski definition) is 2. The topological polar surface area (TPSA) is 75.3 Å². The zero-order chi connectivity index (χ0) is 21.6. The molecule has 0 atom stereocenters. The Kier molecular flexibility index (Phi) is 6.90. The van der Waals surface area contributed by atoms with Gasteiger partial charge in [0.05, 0.1) is 4.90 Å². The van der Waals surface area contributed by atoms with E-state index in [2.05, 4.69) is 41.2 Å². The second-order valence-corrected chi connectivity index (χ2v) is 9.03. The second kappa shape index (κ2) is 9.59. The van der Waals surface area contributed by atoms with Gasteiger partial charge in [0.25, 0.3) is 15.9 Å². The molecule has 6 heteroatoms. The number of benzene rings is 3. The minimum absolute atomic E-state index is 0.180. The molecule has 0 heterocycles. The van der Waals surface area contributed by atoms with Crippen molar-refractivity contribution in [1.82, 2.24) is 5.32 Å². The Bertz CT molecular complexity index is 1110. The van der Waals surface area contributed by atoms with Crippen molar-refractivity contribution >= 4 is 21.6 Å². The monoisotopic (exact) mass is 422 g/mol. The highest BCUT2D eigenvalue weighted by Crippen LogP contribution is 2.18. The molecule has 0 aliphatic carbocycles. The Labute approximate surface area is 178 Å². The van der Waals surface area contributed by atoms with Crippen LogP contribution in [0.1, 0.15) is 33.5 Å². The van der Waals surface area contributed by atoms with Crippen molar-refractivity contribution in [3.05, 3.63) is 95.1 Å². The minimum atomic E-state index is -3.71. The summed E-state index contributed by atoms with van der Waals surface area (Å²) in [6.07, 6.45) is 1.71. The standard InChI is InChI=1S/C24H26N2O3S/c1-18-8-12-20(13-9-18)5-4-16-25-24(27)21-6-3-7-22(17-21)26-30(28,29)23-14-10-19(2)11-15-23/h3,6-15,17,26H,4-5,16H2,1-2H3,(H,25,27). The number of rotatable bonds is 8. The van der Waals surface area contributed by atoms with Crippen LogP contribution in [0.25, 0.3) is 0 Å². The van der Waals surface area contributed by atoms with E-state index >= 15 is 0 Å². The van der Waals surface area contributed by atoms with E-state index in [0.29, 0.717) is 17.8 Å². The molecule has 0 saturated carbocycles. The van der Waals surface area contributed by atoms with Crippen LogP contribution >= 0.6 is 0 Å². The highest BCUT2D eigenvalue weighted by Gasteiger charge is 2.15. The number of anilines is 1. The van der Waals surface area contributed by atoms with Gasteiger partial charge >= 0.3 is 0 Å². The third-order valence-corrected chi connectivity index (χ3v) is 6.15. The van der Waals surface area contributed by atoms with Gasteiger partial charge in [0.1, 0.15) is 0 Å². The van der Waals surface area contributed by atoms with Gasteiger partial charge in [0.15, 0.2) is 0 Å². The summed E-state index contributed by atoms with van der Waals surface area (Å²) in [6, 6.07) is 21.5. The molecule has 0 aliphatic heterocycles. The summed E-state index contributed by atoms with van der Waals surface area (Å²) in [4.78, 5) is 12.6. The lowest BCUT2D eigenvalue weighted by molar-refractivity contribution is 0.0953. The summed E-state index contributed by atoms with van der Waals surface area (Å²) in [5, 5.41) is 2.89. The third-order valence-electron chi connectivity index (χ3n) is 4.76. The summed E-state index contributed by atoms with van der Waals surface area (Å²) in [5.74, 6) is -0.227. The molecule has 0 aromatic heterocycles. The molecule has 3 aromatic rings. The average Bonchev–Trinajstić information content (AvgIpc) is 2.72. The Morgan fingerprint density at radius 3 is 2.17 bits per heavy atom. The first-order valence-electron chi connectivity index (χ1n) is 9.87. The maximum atomic E-state index is 12.5. The van der Waals surface area contributed by atoms with Crippen LogP contribution in [0.3, 0.4) is 0 Å². The van der Waals surface area contributed by atoms with E-state index in [0.717, 1.165) is 18.4 Å². The zero-order valence-electron chi connectivity index (χ0n) is 17.2. The van der Waals surface area contributed by atoms with Gasteiger partial charge in [-0.1, -0.05) is 53.6 Å². The quantitative estimate of drug-likeness (QED) is 0.526. The van der Waals surface area contributed by atoms with Gasteiger partial charge in [0.2, 0.25) is 0 Å². The van der Waals surface area contributed by atoms with E-state index in [1.165, 1.54) is 11.1 Å². The maximum absolute atomic E-state index is 12.5. The van der Waals surface area contributed by atoms with Crippen LogP contribution in [-0.2, 0) is 16.4 Å². The van der Waals surface area contributed by atoms with Gasteiger partial charge in [-0.25, -0.2) is 8.42 Å². The molecule has 1 amide bonds. The fraction of sp³-hybridized carbons (Fsp3) is 0.208. The number of nitrogens with one attached hydrogen (secondary N) is 2. The average molecular weight is 423 g/mol. The molecule has 5 nitrogen and oxygen atoms in total. The lowest BCUT2D eigenvalue weighted by atomic mass is 10.1. The molecule has 0 spiro atoms. The Morgan fingerprint density at radius 2 is 1.50 bits per heavy atom. The number of carbonyl (C=O) groups is 1. The smallest absolute Gasteiger partial charge is 0.261 e. The predicted octanol–water partition coefficient (Wildman–Crippen LogP) is 4.47. The van der Waals surface area contributed by atoms with Crippen LogP contribution in [0, 0.1) is 13.8 Å². The number of hydrogen-bond acceptors (Lipinski definition) is 3. The van der Waals surface area contributed by atoms with Gasteiger partial charge in [0, 0.05) is 17.8 Å². The molecular formula is C24H26N2O3S. The van der Waals surface area contributed by atoms with Gasteiger partial charge in [-0.05, 0) is 62.6 Å². The second-order valence-electron chi connectivity index (χ2n) is 7.34. The van der Waals surface area contributed by atoms with Gasteiger partial charge in [-0.15, -0.1) is 0 Å². The normalized spacial score (nSPS) is 11.1. The molecule has 156 valence electrons. The molecule has 0 bridgehead atoms. The molecule has 3 rings (SSSR count). The van der Waals surface area contributed by atoms with Gasteiger partial charge in [-0.3, -0.25) is 9.52 Å². The van der Waals surface area contributed by atoms with Crippen molar-refractivity contribution < 1.29 is 13.2 Å². The van der Waals surface area contributed by atoms with Crippen LogP contribution in [-0.4, -0.2) is 20.9 Å². The van der Waals surface area contributed by atoms with E-state index in [1.54, 1.807) is 48.5 Å². The molecular weight excluding hydrogens is 396 g/mol. The largest absolute Gasteiger partial charge is 0.352 e. The minimum Gasteiger partial charge on any atom is -0.352 e.